The standard InChI is InChI=1S/C12H17ClN2/c13-11-4-3-10(12(14)7-11)2-1-9-5-6-15-8-9/h3-4,7,9,15H,1-2,5-6,8,14H2. The molecule has 3 heteroatoms. The number of benzene rings is 1. The van der Waals surface area contributed by atoms with E-state index in [9.17, 15) is 0 Å². The molecule has 3 N–H and O–H groups in total. The molecule has 0 aromatic heterocycles. The fourth-order valence-corrected chi connectivity index (χ4v) is 2.29. The summed E-state index contributed by atoms with van der Waals surface area (Å²) in [6.45, 7) is 2.33. The van der Waals surface area contributed by atoms with E-state index >= 15 is 0 Å². The molecule has 0 spiro atoms. The van der Waals surface area contributed by atoms with Gasteiger partial charge in [0.1, 0.15) is 0 Å². The fourth-order valence-electron chi connectivity index (χ4n) is 2.11. The van der Waals surface area contributed by atoms with Gasteiger partial charge in [0.15, 0.2) is 0 Å². The minimum absolute atomic E-state index is 0.721. The number of halogens is 1. The SMILES string of the molecule is Nc1cc(Cl)ccc1CCC1CCNC1. The Hall–Kier alpha value is -0.730. The molecule has 1 aromatic rings. The van der Waals surface area contributed by atoms with Crippen molar-refractivity contribution < 1.29 is 0 Å². The molecule has 1 unspecified atom stereocenters. The number of hydrogen-bond acceptors (Lipinski definition) is 2. The lowest BCUT2D eigenvalue weighted by atomic mass is 9.98. The van der Waals surface area contributed by atoms with E-state index in [-0.39, 0.29) is 0 Å². The molecule has 2 nitrogen and oxygen atoms in total. The lowest BCUT2D eigenvalue weighted by Crippen LogP contribution is -2.09. The van der Waals surface area contributed by atoms with Gasteiger partial charge in [-0.1, -0.05) is 17.7 Å². The van der Waals surface area contributed by atoms with E-state index in [0.29, 0.717) is 0 Å². The van der Waals surface area contributed by atoms with Crippen LogP contribution in [0.4, 0.5) is 5.69 Å². The number of nitrogens with one attached hydrogen (secondary N) is 1. The van der Waals surface area contributed by atoms with Gasteiger partial charge in [-0.05, 0) is 56.0 Å². The van der Waals surface area contributed by atoms with Crippen LogP contribution in [0, 0.1) is 5.92 Å². The third-order valence-electron chi connectivity index (χ3n) is 3.09. The number of nitrogens with two attached hydrogens (primary N) is 1. The lowest BCUT2D eigenvalue weighted by molar-refractivity contribution is 0.533. The Kier molecular flexibility index (Phi) is 3.49. The summed E-state index contributed by atoms with van der Waals surface area (Å²) in [5.41, 5.74) is 7.96. The van der Waals surface area contributed by atoms with Crippen molar-refractivity contribution in [2.45, 2.75) is 19.3 Å². The second-order valence-electron chi connectivity index (χ2n) is 4.24. The van der Waals surface area contributed by atoms with Crippen LogP contribution in [0.2, 0.25) is 5.02 Å². The average Bonchev–Trinajstić information content (AvgIpc) is 2.69. The van der Waals surface area contributed by atoms with Gasteiger partial charge in [0.05, 0.1) is 0 Å². The van der Waals surface area contributed by atoms with Crippen LogP contribution in [0.1, 0.15) is 18.4 Å². The summed E-state index contributed by atoms with van der Waals surface area (Å²) in [5, 5.41) is 4.10. The Balaban J connectivity index is 1.92. The second-order valence-corrected chi connectivity index (χ2v) is 4.68. The van der Waals surface area contributed by atoms with Crippen LogP contribution in [-0.4, -0.2) is 13.1 Å². The summed E-state index contributed by atoms with van der Waals surface area (Å²) in [6.07, 6.45) is 3.58. The third kappa shape index (κ3) is 2.86. The van der Waals surface area contributed by atoms with Gasteiger partial charge < -0.3 is 11.1 Å². The fraction of sp³-hybridized carbons (Fsp3) is 0.500. The normalized spacial score (nSPS) is 20.7. The van der Waals surface area contributed by atoms with Gasteiger partial charge in [-0.15, -0.1) is 0 Å². The molecular weight excluding hydrogens is 208 g/mol. The molecule has 0 radical (unpaired) electrons. The van der Waals surface area contributed by atoms with E-state index in [1.165, 1.54) is 24.9 Å². The molecule has 1 atom stereocenters. The molecule has 1 fully saturated rings. The van der Waals surface area contributed by atoms with Crippen molar-refractivity contribution in [2.24, 2.45) is 5.92 Å². The highest BCUT2D eigenvalue weighted by Crippen LogP contribution is 2.22. The lowest BCUT2D eigenvalue weighted by Gasteiger charge is -2.09. The summed E-state index contributed by atoms with van der Waals surface area (Å²) >= 11 is 5.85. The van der Waals surface area contributed by atoms with Crippen molar-refractivity contribution >= 4 is 17.3 Å². The highest BCUT2D eigenvalue weighted by atomic mass is 35.5. The van der Waals surface area contributed by atoms with Crippen molar-refractivity contribution in [1.29, 1.82) is 0 Å². The summed E-state index contributed by atoms with van der Waals surface area (Å²) < 4.78 is 0. The van der Waals surface area contributed by atoms with Crippen molar-refractivity contribution in [3.05, 3.63) is 28.8 Å². The van der Waals surface area contributed by atoms with E-state index in [0.717, 1.165) is 29.6 Å². The molecule has 0 amide bonds. The maximum Gasteiger partial charge on any atom is 0.0426 e. The van der Waals surface area contributed by atoms with Gasteiger partial charge in [0, 0.05) is 10.7 Å². The summed E-state index contributed by atoms with van der Waals surface area (Å²) in [6, 6.07) is 5.80. The molecule has 15 heavy (non-hydrogen) atoms. The van der Waals surface area contributed by atoms with Crippen LogP contribution in [0.15, 0.2) is 18.2 Å². The summed E-state index contributed by atoms with van der Waals surface area (Å²) in [4.78, 5) is 0. The molecule has 1 saturated heterocycles. The number of nitrogen functional groups attached to an aromatic ring is 1. The minimum atomic E-state index is 0.721. The third-order valence-corrected chi connectivity index (χ3v) is 3.33. The van der Waals surface area contributed by atoms with Gasteiger partial charge >= 0.3 is 0 Å². The summed E-state index contributed by atoms with van der Waals surface area (Å²) in [5.74, 6) is 0.820. The Bertz CT molecular complexity index is 332. The van der Waals surface area contributed by atoms with Crippen LogP contribution in [0.25, 0.3) is 0 Å². The highest BCUT2D eigenvalue weighted by molar-refractivity contribution is 6.30. The molecule has 1 aliphatic rings. The van der Waals surface area contributed by atoms with Gasteiger partial charge in [-0.25, -0.2) is 0 Å². The maximum absolute atomic E-state index is 5.91. The Morgan fingerprint density at radius 2 is 2.33 bits per heavy atom. The van der Waals surface area contributed by atoms with Gasteiger partial charge in [-0.2, -0.15) is 0 Å². The van der Waals surface area contributed by atoms with E-state index in [1.54, 1.807) is 0 Å². The Labute approximate surface area is 95.8 Å². The second kappa shape index (κ2) is 4.86. The molecular formula is C12H17ClN2. The molecule has 1 aromatic carbocycles. The van der Waals surface area contributed by atoms with Gasteiger partial charge in [-0.3, -0.25) is 0 Å². The van der Waals surface area contributed by atoms with Crippen molar-refractivity contribution in [2.75, 3.05) is 18.8 Å². The van der Waals surface area contributed by atoms with Gasteiger partial charge in [0.25, 0.3) is 0 Å². The van der Waals surface area contributed by atoms with E-state index in [2.05, 4.69) is 5.32 Å². The topological polar surface area (TPSA) is 38.0 Å². The number of hydrogen-bond donors (Lipinski definition) is 2. The zero-order chi connectivity index (χ0) is 10.7. The van der Waals surface area contributed by atoms with Crippen molar-refractivity contribution in [1.82, 2.24) is 5.32 Å². The zero-order valence-corrected chi connectivity index (χ0v) is 9.56. The minimum Gasteiger partial charge on any atom is -0.398 e. The van der Waals surface area contributed by atoms with E-state index < -0.39 is 0 Å². The first-order chi connectivity index (χ1) is 7.25. The first-order valence-electron chi connectivity index (χ1n) is 5.50. The van der Waals surface area contributed by atoms with Crippen LogP contribution in [0.5, 0.6) is 0 Å². The van der Waals surface area contributed by atoms with E-state index in [4.69, 9.17) is 17.3 Å². The predicted molar refractivity (Wildman–Crippen MR) is 65.2 cm³/mol. The smallest absolute Gasteiger partial charge is 0.0426 e. The molecule has 0 saturated carbocycles. The quantitative estimate of drug-likeness (QED) is 0.775. The van der Waals surface area contributed by atoms with Crippen LogP contribution in [0.3, 0.4) is 0 Å². The van der Waals surface area contributed by atoms with Crippen molar-refractivity contribution in [3.8, 4) is 0 Å². The monoisotopic (exact) mass is 224 g/mol. The molecule has 82 valence electrons. The number of aryl methyl sites for hydroxylation is 1. The summed E-state index contributed by atoms with van der Waals surface area (Å²) in [7, 11) is 0. The largest absolute Gasteiger partial charge is 0.398 e. The average molecular weight is 225 g/mol. The van der Waals surface area contributed by atoms with Crippen LogP contribution < -0.4 is 11.1 Å². The Morgan fingerprint density at radius 3 is 3.00 bits per heavy atom. The zero-order valence-electron chi connectivity index (χ0n) is 8.80. The predicted octanol–water partition coefficient (Wildman–Crippen LogP) is 2.46. The maximum atomic E-state index is 5.91. The Morgan fingerprint density at radius 1 is 1.47 bits per heavy atom. The molecule has 1 aliphatic heterocycles. The molecule has 2 rings (SSSR count). The van der Waals surface area contributed by atoms with Crippen molar-refractivity contribution in [3.63, 3.8) is 0 Å². The van der Waals surface area contributed by atoms with Crippen LogP contribution >= 0.6 is 11.6 Å². The molecule has 0 bridgehead atoms. The van der Waals surface area contributed by atoms with E-state index in [1.807, 2.05) is 18.2 Å². The van der Waals surface area contributed by atoms with Crippen LogP contribution in [-0.2, 0) is 6.42 Å². The molecule has 1 heterocycles. The number of anilines is 1. The number of rotatable bonds is 3. The first kappa shape index (κ1) is 10.8. The highest BCUT2D eigenvalue weighted by Gasteiger charge is 2.14. The molecule has 0 aliphatic carbocycles. The first-order valence-corrected chi connectivity index (χ1v) is 5.88. The van der Waals surface area contributed by atoms with Gasteiger partial charge in [0.2, 0.25) is 0 Å².